The van der Waals surface area contributed by atoms with E-state index in [9.17, 15) is 4.79 Å². The molecule has 12 heavy (non-hydrogen) atoms. The van der Waals surface area contributed by atoms with Crippen LogP contribution in [0.5, 0.6) is 0 Å². The first-order valence-corrected chi connectivity index (χ1v) is 4.71. The van der Waals surface area contributed by atoms with Crippen LogP contribution in [0.25, 0.3) is 6.08 Å². The monoisotopic (exact) mass is 201 g/mol. The molecule has 0 aliphatic carbocycles. The zero-order valence-electron chi connectivity index (χ0n) is 6.10. The van der Waals surface area contributed by atoms with E-state index < -0.39 is 5.97 Å². The van der Waals surface area contributed by atoms with Crippen molar-refractivity contribution in [3.8, 4) is 0 Å². The molecular formula is C7H7NO2S2. The lowest BCUT2D eigenvalue weighted by Crippen LogP contribution is -1.95. The molecule has 0 saturated heterocycles. The fourth-order valence-corrected chi connectivity index (χ4v) is 1.43. The Kier molecular flexibility index (Phi) is 3.31. The maximum Gasteiger partial charge on any atom is 0.355 e. The summed E-state index contributed by atoms with van der Waals surface area (Å²) in [7, 11) is 0. The molecule has 0 saturated carbocycles. The van der Waals surface area contributed by atoms with Gasteiger partial charge in [-0.15, -0.1) is 11.3 Å². The summed E-state index contributed by atoms with van der Waals surface area (Å²) in [5.41, 5.74) is 0.0961. The minimum absolute atomic E-state index is 0.0961. The van der Waals surface area contributed by atoms with Gasteiger partial charge in [0.25, 0.3) is 0 Å². The largest absolute Gasteiger partial charge is 0.476 e. The average Bonchev–Trinajstić information content (AvgIpc) is 2.48. The van der Waals surface area contributed by atoms with Crippen LogP contribution in [-0.2, 0) is 0 Å². The molecule has 0 fully saturated rings. The first kappa shape index (κ1) is 9.28. The van der Waals surface area contributed by atoms with Crippen molar-refractivity contribution in [2.45, 2.75) is 0 Å². The van der Waals surface area contributed by atoms with Gasteiger partial charge in [-0.1, -0.05) is 6.08 Å². The molecule has 0 bridgehead atoms. The van der Waals surface area contributed by atoms with Crippen LogP contribution in [0, 0.1) is 0 Å². The van der Waals surface area contributed by atoms with E-state index in [1.54, 1.807) is 6.08 Å². The van der Waals surface area contributed by atoms with Gasteiger partial charge in [-0.05, 0) is 6.08 Å². The molecule has 1 rings (SSSR count). The lowest BCUT2D eigenvalue weighted by atomic mass is 10.5. The first-order chi connectivity index (χ1) is 5.74. The fourth-order valence-electron chi connectivity index (χ4n) is 0.616. The summed E-state index contributed by atoms with van der Waals surface area (Å²) in [4.78, 5) is 14.2. The minimum Gasteiger partial charge on any atom is -0.476 e. The van der Waals surface area contributed by atoms with Crippen LogP contribution in [0.1, 0.15) is 15.5 Å². The van der Waals surface area contributed by atoms with Crippen LogP contribution >= 0.6 is 24.0 Å². The number of carboxylic acid groups (broad SMARTS) is 1. The molecule has 0 radical (unpaired) electrons. The van der Waals surface area contributed by atoms with Crippen LogP contribution in [0.15, 0.2) is 11.5 Å². The van der Waals surface area contributed by atoms with E-state index in [1.807, 2.05) is 6.08 Å². The van der Waals surface area contributed by atoms with E-state index in [4.69, 9.17) is 5.11 Å². The number of aromatic nitrogens is 1. The van der Waals surface area contributed by atoms with Gasteiger partial charge in [0.2, 0.25) is 0 Å². The van der Waals surface area contributed by atoms with Gasteiger partial charge in [0.05, 0.1) is 0 Å². The Labute approximate surface area is 79.2 Å². The van der Waals surface area contributed by atoms with E-state index in [2.05, 4.69) is 17.6 Å². The Hall–Kier alpha value is -0.810. The predicted molar refractivity (Wildman–Crippen MR) is 52.0 cm³/mol. The van der Waals surface area contributed by atoms with Crippen molar-refractivity contribution in [3.63, 3.8) is 0 Å². The zero-order chi connectivity index (χ0) is 8.97. The first-order valence-electron chi connectivity index (χ1n) is 3.20. The third kappa shape index (κ3) is 2.35. The van der Waals surface area contributed by atoms with E-state index >= 15 is 0 Å². The standard InChI is InChI=1S/C7H7NO2S2/c9-7(10)5-4-12-6(8-5)2-1-3-11/h1-2,4,11H,3H2,(H,9,10). The summed E-state index contributed by atoms with van der Waals surface area (Å²) in [5.74, 6) is -0.362. The molecule has 0 aliphatic rings. The highest BCUT2D eigenvalue weighted by atomic mass is 32.1. The average molecular weight is 201 g/mol. The van der Waals surface area contributed by atoms with Crippen molar-refractivity contribution in [2.75, 3.05) is 5.75 Å². The lowest BCUT2D eigenvalue weighted by Gasteiger charge is -1.81. The van der Waals surface area contributed by atoms with E-state index in [-0.39, 0.29) is 5.69 Å². The second-order valence-corrected chi connectivity index (χ2v) is 3.22. The van der Waals surface area contributed by atoms with E-state index in [0.717, 1.165) is 0 Å². The Bertz CT molecular complexity index is 306. The lowest BCUT2D eigenvalue weighted by molar-refractivity contribution is 0.0691. The van der Waals surface area contributed by atoms with Crippen LogP contribution in [-0.4, -0.2) is 21.8 Å². The van der Waals surface area contributed by atoms with Crippen LogP contribution in [0.2, 0.25) is 0 Å². The van der Waals surface area contributed by atoms with Gasteiger partial charge >= 0.3 is 5.97 Å². The highest BCUT2D eigenvalue weighted by Gasteiger charge is 2.05. The number of nitrogens with zero attached hydrogens (tertiary/aromatic N) is 1. The SMILES string of the molecule is O=C(O)c1csc(C=CCS)n1. The maximum absolute atomic E-state index is 10.4. The second-order valence-electron chi connectivity index (χ2n) is 1.96. The molecule has 64 valence electrons. The Morgan fingerprint density at radius 2 is 2.58 bits per heavy atom. The molecule has 3 nitrogen and oxygen atoms in total. The summed E-state index contributed by atoms with van der Waals surface area (Å²) < 4.78 is 0. The molecule has 0 atom stereocenters. The molecule has 1 N–H and O–H groups in total. The Balaban J connectivity index is 2.77. The predicted octanol–water partition coefficient (Wildman–Crippen LogP) is 1.78. The van der Waals surface area contributed by atoms with Gasteiger partial charge in [-0.3, -0.25) is 0 Å². The number of carboxylic acids is 1. The molecule has 0 unspecified atom stereocenters. The summed E-state index contributed by atoms with van der Waals surface area (Å²) in [6, 6.07) is 0. The number of hydrogen-bond donors (Lipinski definition) is 2. The van der Waals surface area contributed by atoms with Crippen molar-refractivity contribution in [2.24, 2.45) is 0 Å². The Morgan fingerprint density at radius 1 is 1.83 bits per heavy atom. The highest BCUT2D eigenvalue weighted by Crippen LogP contribution is 2.11. The molecule has 0 spiro atoms. The summed E-state index contributed by atoms with van der Waals surface area (Å²) in [6.07, 6.45) is 3.57. The van der Waals surface area contributed by atoms with Crippen molar-refractivity contribution in [1.29, 1.82) is 0 Å². The smallest absolute Gasteiger partial charge is 0.355 e. The van der Waals surface area contributed by atoms with Gasteiger partial charge in [0.1, 0.15) is 5.01 Å². The van der Waals surface area contributed by atoms with Crippen LogP contribution in [0.4, 0.5) is 0 Å². The zero-order valence-corrected chi connectivity index (χ0v) is 7.81. The molecule has 1 aromatic rings. The minimum atomic E-state index is -0.989. The number of rotatable bonds is 3. The third-order valence-electron chi connectivity index (χ3n) is 1.11. The maximum atomic E-state index is 10.4. The molecule has 1 heterocycles. The Morgan fingerprint density at radius 3 is 3.08 bits per heavy atom. The normalized spacial score (nSPS) is 10.8. The molecule has 0 amide bonds. The number of hydrogen-bond acceptors (Lipinski definition) is 4. The number of thiazole rings is 1. The van der Waals surface area contributed by atoms with Crippen LogP contribution in [0.3, 0.4) is 0 Å². The van der Waals surface area contributed by atoms with Gasteiger partial charge in [-0.2, -0.15) is 12.6 Å². The van der Waals surface area contributed by atoms with E-state index in [1.165, 1.54) is 16.7 Å². The van der Waals surface area contributed by atoms with Crippen molar-refractivity contribution in [3.05, 3.63) is 22.2 Å². The number of carbonyl (C=O) groups is 1. The fraction of sp³-hybridized carbons (Fsp3) is 0.143. The van der Waals surface area contributed by atoms with Gasteiger partial charge in [0.15, 0.2) is 5.69 Å². The van der Waals surface area contributed by atoms with Crippen LogP contribution < -0.4 is 0 Å². The van der Waals surface area contributed by atoms with Gasteiger partial charge < -0.3 is 5.11 Å². The quantitative estimate of drug-likeness (QED) is 0.733. The number of thiol groups is 1. The van der Waals surface area contributed by atoms with Gasteiger partial charge in [-0.25, -0.2) is 9.78 Å². The van der Waals surface area contributed by atoms with Crippen molar-refractivity contribution in [1.82, 2.24) is 4.98 Å². The van der Waals surface area contributed by atoms with Crippen molar-refractivity contribution >= 4 is 36.0 Å². The summed E-state index contributed by atoms with van der Waals surface area (Å²) in [5, 5.41) is 10.7. The number of aromatic carboxylic acids is 1. The third-order valence-corrected chi connectivity index (χ3v) is 2.13. The molecule has 5 heteroatoms. The van der Waals surface area contributed by atoms with Gasteiger partial charge in [0, 0.05) is 11.1 Å². The summed E-state index contributed by atoms with van der Waals surface area (Å²) in [6.45, 7) is 0. The second kappa shape index (κ2) is 4.27. The molecular weight excluding hydrogens is 194 g/mol. The molecule has 0 aromatic carbocycles. The van der Waals surface area contributed by atoms with E-state index in [0.29, 0.717) is 10.8 Å². The molecule has 1 aromatic heterocycles. The van der Waals surface area contributed by atoms with Crippen molar-refractivity contribution < 1.29 is 9.90 Å². The topological polar surface area (TPSA) is 50.2 Å². The molecule has 0 aliphatic heterocycles. The highest BCUT2D eigenvalue weighted by molar-refractivity contribution is 7.80. The summed E-state index contributed by atoms with van der Waals surface area (Å²) >= 11 is 5.28.